The second-order valence-corrected chi connectivity index (χ2v) is 24.8. The van der Waals surface area contributed by atoms with Crippen LogP contribution in [0.4, 0.5) is 0 Å². The standard InChI is InChI=1S/C53H77ClN2O6/c1-32(2)43-38(57)29-53(30-42(58)56(27-26-55(10)11)31-52(24-25-52)33-12-14-34(54)15-13-33)23-22-50(8)35(44(43)53)16-17-40-49(7)20-19-41(48(5,6)39(49)18-21-51(40,50)9)62-46(61)37-28-36(45(59)60)47(37,3)4/h12-15,32,35-37,39-41H,16-31H2,1-11H3,(H,59,60)/t35-,36+,37-,39+,40-,41+,49+,50-,51-,53+/m1/s1. The van der Waals surface area contributed by atoms with Crippen LogP contribution in [0.1, 0.15) is 151 Å². The maximum Gasteiger partial charge on any atom is 0.309 e. The zero-order valence-electron chi connectivity index (χ0n) is 39.9. The second kappa shape index (κ2) is 15.4. The summed E-state index contributed by atoms with van der Waals surface area (Å²) < 4.78 is 6.46. The summed E-state index contributed by atoms with van der Waals surface area (Å²) in [5.74, 6) is -0.232. The molecule has 6 fully saturated rings. The molecule has 62 heavy (non-hydrogen) atoms. The zero-order valence-corrected chi connectivity index (χ0v) is 40.7. The van der Waals surface area contributed by atoms with E-state index in [0.717, 1.165) is 81.3 Å². The molecule has 1 aromatic carbocycles. The van der Waals surface area contributed by atoms with Crippen molar-refractivity contribution in [3.8, 4) is 0 Å². The normalized spacial score (nSPS) is 38.6. The molecule has 0 aliphatic heterocycles. The van der Waals surface area contributed by atoms with E-state index in [1.807, 2.05) is 26.0 Å². The van der Waals surface area contributed by atoms with Crippen molar-refractivity contribution in [2.75, 3.05) is 33.7 Å². The number of esters is 1. The van der Waals surface area contributed by atoms with E-state index < -0.39 is 22.7 Å². The lowest BCUT2D eigenvalue weighted by Gasteiger charge is -2.72. The van der Waals surface area contributed by atoms with Gasteiger partial charge in [-0.3, -0.25) is 19.2 Å². The number of Topliss-reactive ketones (excluding diaryl/α,β-unsaturated/α-hetero) is 1. The second-order valence-electron chi connectivity index (χ2n) is 24.3. The van der Waals surface area contributed by atoms with Crippen molar-refractivity contribution < 1.29 is 29.0 Å². The SMILES string of the molecule is CC(C)C1=C2[C@H]3CC[C@@H]4[C@@]5(C)CC[C@H](OC(=O)[C@H]6C[C@@H](C(=O)O)C6(C)C)C(C)(C)[C@@H]5CC[C@@]4(C)[C@]3(C)CC[C@@]2(CC(=O)N(CCN(C)C)CC2(c3ccc(Cl)cc3)CC2)CC1=O. The van der Waals surface area contributed by atoms with Crippen molar-refractivity contribution in [3.05, 3.63) is 46.0 Å². The van der Waals surface area contributed by atoms with Gasteiger partial charge in [0.2, 0.25) is 5.91 Å². The number of amides is 1. The Hall–Kier alpha value is -2.71. The number of ketones is 1. The molecule has 6 saturated carbocycles. The van der Waals surface area contributed by atoms with Crippen molar-refractivity contribution in [3.63, 3.8) is 0 Å². The van der Waals surface area contributed by atoms with Crippen molar-refractivity contribution in [1.29, 1.82) is 0 Å². The van der Waals surface area contributed by atoms with Crippen LogP contribution < -0.4 is 0 Å². The summed E-state index contributed by atoms with van der Waals surface area (Å²) >= 11 is 6.30. The number of benzene rings is 1. The molecule has 7 aliphatic rings. The molecule has 1 aromatic rings. The van der Waals surface area contributed by atoms with Gasteiger partial charge in [0.25, 0.3) is 0 Å². The number of hydrogen-bond donors (Lipinski definition) is 1. The molecule has 0 saturated heterocycles. The predicted octanol–water partition coefficient (Wildman–Crippen LogP) is 10.8. The number of carbonyl (C=O) groups is 4. The maximum atomic E-state index is 15.0. The first-order chi connectivity index (χ1) is 28.9. The largest absolute Gasteiger partial charge is 0.481 e. The van der Waals surface area contributed by atoms with Crippen LogP contribution in [0.3, 0.4) is 0 Å². The van der Waals surface area contributed by atoms with Gasteiger partial charge in [-0.25, -0.2) is 0 Å². The number of ether oxygens (including phenoxy) is 1. The number of halogens is 1. The summed E-state index contributed by atoms with van der Waals surface area (Å²) in [5.41, 5.74) is 2.44. The van der Waals surface area contributed by atoms with E-state index in [2.05, 4.69) is 84.5 Å². The van der Waals surface area contributed by atoms with Crippen LogP contribution in [-0.2, 0) is 29.3 Å². The highest BCUT2D eigenvalue weighted by molar-refractivity contribution is 6.30. The first-order valence-corrected chi connectivity index (χ1v) is 24.6. The lowest BCUT2D eigenvalue weighted by molar-refractivity contribution is -0.236. The van der Waals surface area contributed by atoms with Gasteiger partial charge in [-0.2, -0.15) is 0 Å². The van der Waals surface area contributed by atoms with Gasteiger partial charge >= 0.3 is 11.9 Å². The Bertz CT molecular complexity index is 2020. The average molecular weight is 874 g/mol. The lowest BCUT2D eigenvalue weighted by Crippen LogP contribution is -2.66. The average Bonchev–Trinajstić information content (AvgIpc) is 3.89. The van der Waals surface area contributed by atoms with E-state index in [1.165, 1.54) is 11.1 Å². The summed E-state index contributed by atoms with van der Waals surface area (Å²) in [5, 5.41) is 10.4. The van der Waals surface area contributed by atoms with Crippen LogP contribution >= 0.6 is 11.6 Å². The molecule has 0 radical (unpaired) electrons. The third kappa shape index (κ3) is 6.98. The fraction of sp³-hybridized carbons (Fsp3) is 0.774. The Balaban J connectivity index is 1.05. The van der Waals surface area contributed by atoms with Crippen molar-refractivity contribution >= 4 is 35.2 Å². The summed E-state index contributed by atoms with van der Waals surface area (Å²) in [7, 11) is 4.14. The number of hydrogen-bond acceptors (Lipinski definition) is 6. The first-order valence-electron chi connectivity index (χ1n) is 24.3. The molecule has 0 heterocycles. The molecule has 1 N–H and O–H groups in total. The molecule has 10 atom stereocenters. The van der Waals surface area contributed by atoms with Crippen LogP contribution in [0.5, 0.6) is 0 Å². The number of allylic oxidation sites excluding steroid dienone is 2. The van der Waals surface area contributed by atoms with E-state index in [0.29, 0.717) is 44.2 Å². The summed E-state index contributed by atoms with van der Waals surface area (Å²) in [4.78, 5) is 59.4. The van der Waals surface area contributed by atoms with Crippen molar-refractivity contribution in [2.24, 2.45) is 68.0 Å². The topological polar surface area (TPSA) is 104 Å². The third-order valence-electron chi connectivity index (χ3n) is 20.1. The summed E-state index contributed by atoms with van der Waals surface area (Å²) in [6, 6.07) is 8.21. The highest BCUT2D eigenvalue weighted by atomic mass is 35.5. The van der Waals surface area contributed by atoms with Crippen molar-refractivity contribution in [2.45, 2.75) is 157 Å². The van der Waals surface area contributed by atoms with E-state index in [-0.39, 0.29) is 68.6 Å². The number of likely N-dealkylation sites (N-methyl/N-ethyl adjacent to an activating group) is 1. The number of rotatable bonds is 12. The fourth-order valence-corrected chi connectivity index (χ4v) is 16.1. The quantitative estimate of drug-likeness (QED) is 0.209. The van der Waals surface area contributed by atoms with E-state index in [4.69, 9.17) is 16.3 Å². The Morgan fingerprint density at radius 1 is 0.790 bits per heavy atom. The van der Waals surface area contributed by atoms with Crippen molar-refractivity contribution in [1.82, 2.24) is 9.80 Å². The van der Waals surface area contributed by atoms with Gasteiger partial charge < -0.3 is 19.6 Å². The van der Waals surface area contributed by atoms with Gasteiger partial charge in [-0.05, 0) is 153 Å². The van der Waals surface area contributed by atoms with E-state index >= 15 is 4.79 Å². The molecule has 342 valence electrons. The molecule has 0 aromatic heterocycles. The minimum absolute atomic E-state index is 0.0161. The van der Waals surface area contributed by atoms with Gasteiger partial charge in [-0.1, -0.05) is 91.6 Å². The number of aliphatic carboxylic acids is 1. The Morgan fingerprint density at radius 2 is 1.45 bits per heavy atom. The highest BCUT2D eigenvalue weighted by Crippen LogP contribution is 2.77. The van der Waals surface area contributed by atoms with Gasteiger partial charge in [0.05, 0.1) is 11.8 Å². The Morgan fingerprint density at radius 3 is 2.05 bits per heavy atom. The number of fused-ring (bicyclic) bond motifs is 7. The van der Waals surface area contributed by atoms with Crippen LogP contribution in [0.25, 0.3) is 0 Å². The van der Waals surface area contributed by atoms with Crippen LogP contribution in [-0.4, -0.2) is 78.4 Å². The first kappa shape index (κ1) is 45.8. The molecule has 7 aliphatic carbocycles. The van der Waals surface area contributed by atoms with Gasteiger partial charge in [0.1, 0.15) is 6.10 Å². The molecule has 0 spiro atoms. The molecule has 1 amide bonds. The Labute approximate surface area is 377 Å². The number of nitrogens with zero attached hydrogens (tertiary/aromatic N) is 2. The predicted molar refractivity (Wildman–Crippen MR) is 244 cm³/mol. The number of carboxylic acid groups (broad SMARTS) is 1. The van der Waals surface area contributed by atoms with E-state index in [1.54, 1.807) is 0 Å². The number of carboxylic acids is 1. The fourth-order valence-electron chi connectivity index (χ4n) is 16.0. The van der Waals surface area contributed by atoms with Crippen LogP contribution in [0.2, 0.25) is 5.02 Å². The minimum atomic E-state index is -0.829. The minimum Gasteiger partial charge on any atom is -0.481 e. The molecule has 0 bridgehead atoms. The highest BCUT2D eigenvalue weighted by Gasteiger charge is 2.70. The van der Waals surface area contributed by atoms with Crippen LogP contribution in [0.15, 0.2) is 35.4 Å². The molecular weight excluding hydrogens is 796 g/mol. The molecular formula is C53H77ClN2O6. The summed E-state index contributed by atoms with van der Waals surface area (Å²) in [6.45, 7) is 22.7. The third-order valence-corrected chi connectivity index (χ3v) is 20.3. The number of carbonyl (C=O) groups excluding carboxylic acids is 3. The summed E-state index contributed by atoms with van der Waals surface area (Å²) in [6.07, 6.45) is 11.2. The smallest absolute Gasteiger partial charge is 0.309 e. The van der Waals surface area contributed by atoms with E-state index in [9.17, 15) is 19.5 Å². The molecule has 8 nitrogen and oxygen atoms in total. The van der Waals surface area contributed by atoms with Gasteiger partial charge in [0, 0.05) is 53.7 Å². The molecule has 8 rings (SSSR count). The maximum absolute atomic E-state index is 15.0. The molecule has 0 unspecified atom stereocenters. The Kier molecular flexibility index (Phi) is 11.4. The monoisotopic (exact) mass is 873 g/mol. The van der Waals surface area contributed by atoms with Crippen LogP contribution in [0, 0.1) is 68.0 Å². The molecule has 9 heteroatoms. The van der Waals surface area contributed by atoms with Gasteiger partial charge in [-0.15, -0.1) is 0 Å². The zero-order chi connectivity index (χ0) is 45.2. The van der Waals surface area contributed by atoms with Gasteiger partial charge in [0.15, 0.2) is 5.78 Å². The lowest BCUT2D eigenvalue weighted by atomic mass is 9.33.